The van der Waals surface area contributed by atoms with Gasteiger partial charge in [0, 0.05) is 12.5 Å². The predicted molar refractivity (Wildman–Crippen MR) is 115 cm³/mol. The van der Waals surface area contributed by atoms with Gasteiger partial charge in [0.15, 0.2) is 0 Å². The largest absolute Gasteiger partial charge is 0.331 e. The minimum atomic E-state index is -0.176. The van der Waals surface area contributed by atoms with Gasteiger partial charge >= 0.3 is 0 Å². The van der Waals surface area contributed by atoms with Crippen molar-refractivity contribution in [1.29, 1.82) is 5.26 Å². The van der Waals surface area contributed by atoms with E-state index in [0.717, 1.165) is 18.4 Å². The van der Waals surface area contributed by atoms with E-state index in [4.69, 9.17) is 0 Å². The molecule has 1 heterocycles. The molecule has 3 heteroatoms. The number of nitriles is 1. The number of likely N-dealkylation sites (tertiary alicyclic amines) is 1. The van der Waals surface area contributed by atoms with E-state index >= 15 is 0 Å². The van der Waals surface area contributed by atoms with Crippen LogP contribution in [0.4, 0.5) is 0 Å². The van der Waals surface area contributed by atoms with Crippen LogP contribution in [0.5, 0.6) is 0 Å². The number of carbonyl (C=O) groups is 1. The van der Waals surface area contributed by atoms with Crippen LogP contribution >= 0.6 is 0 Å². The normalized spacial score (nSPS) is 17.1. The van der Waals surface area contributed by atoms with Crippen LogP contribution in [0.15, 0.2) is 84.9 Å². The minimum Gasteiger partial charge on any atom is -0.331 e. The summed E-state index contributed by atoms with van der Waals surface area (Å²) in [6.07, 6.45) is 2.53. The highest BCUT2D eigenvalue weighted by Crippen LogP contribution is 2.34. The Kier molecular flexibility index (Phi) is 5.72. The Bertz CT molecular complexity index is 990. The second-order valence-corrected chi connectivity index (χ2v) is 7.55. The van der Waals surface area contributed by atoms with Crippen molar-refractivity contribution in [2.45, 2.75) is 37.8 Å². The molecule has 0 spiro atoms. The van der Waals surface area contributed by atoms with Crippen molar-refractivity contribution in [1.82, 2.24) is 4.90 Å². The maximum Gasteiger partial charge on any atom is 0.223 e. The molecule has 1 amide bonds. The zero-order valence-electron chi connectivity index (χ0n) is 16.4. The maximum atomic E-state index is 12.7. The van der Waals surface area contributed by atoms with Crippen LogP contribution < -0.4 is 0 Å². The monoisotopic (exact) mass is 380 g/mol. The minimum absolute atomic E-state index is 0.128. The average molecular weight is 380 g/mol. The van der Waals surface area contributed by atoms with Crippen molar-refractivity contribution < 1.29 is 4.79 Å². The van der Waals surface area contributed by atoms with Crippen molar-refractivity contribution in [3.63, 3.8) is 0 Å². The molecule has 0 N–H and O–H groups in total. The van der Waals surface area contributed by atoms with Gasteiger partial charge < -0.3 is 4.90 Å². The number of hydrogen-bond donors (Lipinski definition) is 0. The third-order valence-electron chi connectivity index (χ3n) is 5.71. The summed E-state index contributed by atoms with van der Waals surface area (Å²) in [7, 11) is 0. The first-order valence-electron chi connectivity index (χ1n) is 10.1. The van der Waals surface area contributed by atoms with Gasteiger partial charge in [0.2, 0.25) is 5.91 Å². The Balaban J connectivity index is 1.54. The van der Waals surface area contributed by atoms with Gasteiger partial charge in [-0.2, -0.15) is 5.26 Å². The van der Waals surface area contributed by atoms with Crippen LogP contribution in [0.25, 0.3) is 11.1 Å². The van der Waals surface area contributed by atoms with Crippen molar-refractivity contribution in [3.8, 4) is 17.2 Å². The van der Waals surface area contributed by atoms with E-state index in [-0.39, 0.29) is 18.0 Å². The Morgan fingerprint density at radius 1 is 0.897 bits per heavy atom. The average Bonchev–Trinajstić information content (AvgIpc) is 3.13. The first-order valence-corrected chi connectivity index (χ1v) is 10.1. The summed E-state index contributed by atoms with van der Waals surface area (Å²) in [5.41, 5.74) is 4.65. The van der Waals surface area contributed by atoms with Crippen molar-refractivity contribution in [2.24, 2.45) is 0 Å². The molecule has 29 heavy (non-hydrogen) atoms. The highest BCUT2D eigenvalue weighted by molar-refractivity contribution is 5.79. The molecule has 3 aromatic carbocycles. The first kappa shape index (κ1) is 19.0. The smallest absolute Gasteiger partial charge is 0.223 e. The number of benzene rings is 3. The van der Waals surface area contributed by atoms with E-state index in [2.05, 4.69) is 42.5 Å². The molecular weight excluding hydrogens is 356 g/mol. The number of hydrogen-bond acceptors (Lipinski definition) is 2. The molecule has 2 atom stereocenters. The Labute approximate surface area is 172 Å². The van der Waals surface area contributed by atoms with Crippen molar-refractivity contribution >= 4 is 5.91 Å². The molecule has 0 unspecified atom stereocenters. The third-order valence-corrected chi connectivity index (χ3v) is 5.71. The van der Waals surface area contributed by atoms with Gasteiger partial charge in [0.1, 0.15) is 0 Å². The molecule has 144 valence electrons. The van der Waals surface area contributed by atoms with E-state index in [1.54, 1.807) is 0 Å². The summed E-state index contributed by atoms with van der Waals surface area (Å²) in [5, 5.41) is 9.37. The van der Waals surface area contributed by atoms with Crippen LogP contribution in [0, 0.1) is 11.3 Å². The fourth-order valence-electron chi connectivity index (χ4n) is 4.27. The van der Waals surface area contributed by atoms with Gasteiger partial charge in [0.25, 0.3) is 0 Å². The molecule has 0 bridgehead atoms. The number of nitrogens with zero attached hydrogens (tertiary/aromatic N) is 2. The zero-order valence-corrected chi connectivity index (χ0v) is 16.4. The van der Waals surface area contributed by atoms with Gasteiger partial charge in [-0.25, -0.2) is 0 Å². The lowest BCUT2D eigenvalue weighted by Gasteiger charge is -2.32. The lowest BCUT2D eigenvalue weighted by Crippen LogP contribution is -2.37. The highest BCUT2D eigenvalue weighted by atomic mass is 16.2. The second kappa shape index (κ2) is 8.75. The summed E-state index contributed by atoms with van der Waals surface area (Å²) >= 11 is 0. The van der Waals surface area contributed by atoms with E-state index in [1.807, 2.05) is 53.4 Å². The molecule has 0 aliphatic carbocycles. The van der Waals surface area contributed by atoms with E-state index < -0.39 is 0 Å². The molecule has 4 rings (SSSR count). The summed E-state index contributed by atoms with van der Waals surface area (Å²) in [4.78, 5) is 14.7. The Hall–Kier alpha value is -3.38. The van der Waals surface area contributed by atoms with Gasteiger partial charge in [0.05, 0.1) is 18.5 Å². The molecule has 0 aromatic heterocycles. The molecule has 1 aliphatic rings. The number of amides is 1. The highest BCUT2D eigenvalue weighted by Gasteiger charge is 2.36. The van der Waals surface area contributed by atoms with Gasteiger partial charge in [-0.05, 0) is 35.1 Å². The standard InChI is InChI=1S/C26H24N2O/c27-18-17-25(23-9-5-2-6-10-23)28-24(15-16-26(28)29)19-20-11-13-22(14-12-20)21-7-3-1-4-8-21/h1-14,24-25H,15-17,19H2/t24-,25-/m0/s1. The summed E-state index contributed by atoms with van der Waals surface area (Å²) in [5.74, 6) is 0.153. The molecule has 1 saturated heterocycles. The predicted octanol–water partition coefficient (Wildman–Crippen LogP) is 5.54. The first-order chi connectivity index (χ1) is 14.3. The SMILES string of the molecule is N#CC[C@@H](c1ccccc1)N1C(=O)CC[C@H]1Cc1ccc(-c2ccccc2)cc1. The summed E-state index contributed by atoms with van der Waals surface area (Å²) in [6, 6.07) is 31.1. The molecule has 0 saturated carbocycles. The quantitative estimate of drug-likeness (QED) is 0.563. The lowest BCUT2D eigenvalue weighted by atomic mass is 9.97. The van der Waals surface area contributed by atoms with Crippen LogP contribution in [-0.2, 0) is 11.2 Å². The van der Waals surface area contributed by atoms with Gasteiger partial charge in [-0.15, -0.1) is 0 Å². The number of carbonyl (C=O) groups excluding carboxylic acids is 1. The topological polar surface area (TPSA) is 44.1 Å². The lowest BCUT2D eigenvalue weighted by molar-refractivity contribution is -0.131. The van der Waals surface area contributed by atoms with Crippen molar-refractivity contribution in [2.75, 3.05) is 0 Å². The third kappa shape index (κ3) is 4.22. The number of rotatable bonds is 6. The van der Waals surface area contributed by atoms with Crippen LogP contribution in [-0.4, -0.2) is 16.8 Å². The summed E-state index contributed by atoms with van der Waals surface area (Å²) < 4.78 is 0. The molecule has 1 aliphatic heterocycles. The molecule has 1 fully saturated rings. The maximum absolute atomic E-state index is 12.7. The Morgan fingerprint density at radius 2 is 1.52 bits per heavy atom. The summed E-state index contributed by atoms with van der Waals surface area (Å²) in [6.45, 7) is 0. The van der Waals surface area contributed by atoms with Crippen LogP contribution in [0.1, 0.15) is 36.4 Å². The molecule has 3 nitrogen and oxygen atoms in total. The Morgan fingerprint density at radius 3 is 2.17 bits per heavy atom. The molecule has 3 aromatic rings. The molecular formula is C26H24N2O. The van der Waals surface area contributed by atoms with E-state index in [9.17, 15) is 10.1 Å². The molecule has 0 radical (unpaired) electrons. The fraction of sp³-hybridized carbons (Fsp3) is 0.231. The fourth-order valence-corrected chi connectivity index (χ4v) is 4.27. The van der Waals surface area contributed by atoms with Crippen molar-refractivity contribution in [3.05, 3.63) is 96.1 Å². The van der Waals surface area contributed by atoms with Gasteiger partial charge in [-0.3, -0.25) is 4.79 Å². The zero-order chi connectivity index (χ0) is 20.1. The van der Waals surface area contributed by atoms with Crippen LogP contribution in [0.2, 0.25) is 0 Å². The van der Waals surface area contributed by atoms with Gasteiger partial charge in [-0.1, -0.05) is 84.9 Å². The van der Waals surface area contributed by atoms with E-state index in [0.29, 0.717) is 12.8 Å². The van der Waals surface area contributed by atoms with E-state index in [1.165, 1.54) is 16.7 Å². The van der Waals surface area contributed by atoms with Crippen LogP contribution in [0.3, 0.4) is 0 Å². The second-order valence-electron chi connectivity index (χ2n) is 7.55.